The van der Waals surface area contributed by atoms with E-state index in [0.717, 1.165) is 18.4 Å². The summed E-state index contributed by atoms with van der Waals surface area (Å²) in [6, 6.07) is 15.2. The van der Waals surface area contributed by atoms with Crippen molar-refractivity contribution in [3.8, 4) is 11.5 Å². The highest BCUT2D eigenvalue weighted by Gasteiger charge is 2.42. The highest BCUT2D eigenvalue weighted by Crippen LogP contribution is 2.39. The quantitative estimate of drug-likeness (QED) is 0.364. The Labute approximate surface area is 207 Å². The van der Waals surface area contributed by atoms with Gasteiger partial charge in [-0.25, -0.2) is 4.68 Å². The fourth-order valence-electron chi connectivity index (χ4n) is 4.31. The monoisotopic (exact) mass is 489 g/mol. The van der Waals surface area contributed by atoms with Gasteiger partial charge in [0.15, 0.2) is 0 Å². The van der Waals surface area contributed by atoms with Gasteiger partial charge in [-0.2, -0.15) is 0 Å². The van der Waals surface area contributed by atoms with Crippen LogP contribution in [0.1, 0.15) is 30.2 Å². The van der Waals surface area contributed by atoms with E-state index in [0.29, 0.717) is 28.3 Å². The Morgan fingerprint density at radius 3 is 2.69 bits per heavy atom. The van der Waals surface area contributed by atoms with Gasteiger partial charge in [-0.1, -0.05) is 17.3 Å². The number of methoxy groups -OCH3 is 2. The Bertz CT molecular complexity index is 1360. The molecule has 0 unspecified atom stereocenters. The Kier molecular flexibility index (Phi) is 6.57. The molecule has 1 saturated carbocycles. The SMILES string of the molecule is COc1ccc(OC)c([C@H](C(=O)NCc2ccco2)N(C(=O)Cn2nnc3ccccc32)C2CC2)c1. The van der Waals surface area contributed by atoms with Crippen LogP contribution in [-0.2, 0) is 22.7 Å². The number of furan rings is 1. The van der Waals surface area contributed by atoms with E-state index >= 15 is 0 Å². The summed E-state index contributed by atoms with van der Waals surface area (Å²) < 4.78 is 18.0. The van der Waals surface area contributed by atoms with Crippen molar-refractivity contribution in [3.63, 3.8) is 0 Å². The molecular weight excluding hydrogens is 462 g/mol. The van der Waals surface area contributed by atoms with Gasteiger partial charge >= 0.3 is 0 Å². The zero-order valence-electron chi connectivity index (χ0n) is 20.1. The minimum atomic E-state index is -0.945. The summed E-state index contributed by atoms with van der Waals surface area (Å²) in [6.07, 6.45) is 3.16. The minimum Gasteiger partial charge on any atom is -0.497 e. The van der Waals surface area contributed by atoms with Gasteiger partial charge < -0.3 is 24.1 Å². The third-order valence-corrected chi connectivity index (χ3v) is 6.21. The number of benzene rings is 2. The first kappa shape index (κ1) is 23.4. The van der Waals surface area contributed by atoms with Crippen LogP contribution in [0.3, 0.4) is 0 Å². The van der Waals surface area contributed by atoms with E-state index in [-0.39, 0.29) is 30.9 Å². The number of hydrogen-bond acceptors (Lipinski definition) is 7. The van der Waals surface area contributed by atoms with Gasteiger partial charge in [0, 0.05) is 11.6 Å². The molecule has 1 atom stereocenters. The van der Waals surface area contributed by atoms with Crippen molar-refractivity contribution in [2.45, 2.75) is 38.0 Å². The molecule has 2 aromatic carbocycles. The lowest BCUT2D eigenvalue weighted by Crippen LogP contribution is -2.46. The summed E-state index contributed by atoms with van der Waals surface area (Å²) in [6.45, 7) is 0.139. The van der Waals surface area contributed by atoms with Crippen molar-refractivity contribution in [1.82, 2.24) is 25.2 Å². The van der Waals surface area contributed by atoms with Gasteiger partial charge in [0.1, 0.15) is 35.4 Å². The number of nitrogens with zero attached hydrogens (tertiary/aromatic N) is 4. The van der Waals surface area contributed by atoms with Gasteiger partial charge in [0.25, 0.3) is 0 Å². The maximum absolute atomic E-state index is 13.8. The lowest BCUT2D eigenvalue weighted by Gasteiger charge is -2.32. The zero-order valence-corrected chi connectivity index (χ0v) is 20.1. The molecule has 2 aromatic heterocycles. The first-order valence-electron chi connectivity index (χ1n) is 11.7. The predicted octanol–water partition coefficient (Wildman–Crippen LogP) is 3.09. The molecule has 4 aromatic rings. The highest BCUT2D eigenvalue weighted by molar-refractivity contribution is 5.90. The van der Waals surface area contributed by atoms with Gasteiger partial charge in [0.05, 0.1) is 32.5 Å². The average molecular weight is 490 g/mol. The zero-order chi connectivity index (χ0) is 25.1. The van der Waals surface area contributed by atoms with Crippen LogP contribution >= 0.6 is 0 Å². The Morgan fingerprint density at radius 2 is 1.97 bits per heavy atom. The van der Waals surface area contributed by atoms with Crippen LogP contribution in [0.15, 0.2) is 65.3 Å². The second-order valence-electron chi connectivity index (χ2n) is 8.58. The van der Waals surface area contributed by atoms with Crippen molar-refractivity contribution in [2.24, 2.45) is 0 Å². The molecule has 36 heavy (non-hydrogen) atoms. The van der Waals surface area contributed by atoms with Crippen molar-refractivity contribution in [3.05, 3.63) is 72.2 Å². The van der Waals surface area contributed by atoms with Crippen LogP contribution in [0.2, 0.25) is 0 Å². The molecule has 2 heterocycles. The van der Waals surface area contributed by atoms with Crippen molar-refractivity contribution >= 4 is 22.8 Å². The lowest BCUT2D eigenvalue weighted by molar-refractivity contribution is -0.142. The third-order valence-electron chi connectivity index (χ3n) is 6.21. The molecule has 1 N–H and O–H groups in total. The third kappa shape index (κ3) is 4.74. The van der Waals surface area contributed by atoms with E-state index in [2.05, 4.69) is 15.6 Å². The van der Waals surface area contributed by atoms with Gasteiger partial charge in [-0.15, -0.1) is 5.10 Å². The van der Waals surface area contributed by atoms with Gasteiger partial charge in [-0.05, 0) is 55.3 Å². The standard InChI is InChI=1S/C26H27N5O5/c1-34-18-11-12-23(35-2)20(14-18)25(26(33)27-15-19-6-5-13-36-19)31(17-9-10-17)24(32)16-30-22-8-4-3-7-21(22)28-29-30/h3-8,11-14,17,25H,9-10,15-16H2,1-2H3,(H,27,33)/t25-/m1/s1. The Morgan fingerprint density at radius 1 is 1.14 bits per heavy atom. The Hall–Kier alpha value is -4.34. The molecule has 0 radical (unpaired) electrons. The van der Waals surface area contributed by atoms with E-state index in [4.69, 9.17) is 13.9 Å². The number of nitrogens with one attached hydrogen (secondary N) is 1. The Balaban J connectivity index is 1.51. The van der Waals surface area contributed by atoms with Crippen LogP contribution in [0.5, 0.6) is 11.5 Å². The van der Waals surface area contributed by atoms with E-state index in [1.165, 1.54) is 7.11 Å². The average Bonchev–Trinajstić information content (AvgIpc) is 3.44. The fraction of sp³-hybridized carbons (Fsp3) is 0.308. The summed E-state index contributed by atoms with van der Waals surface area (Å²) in [4.78, 5) is 29.2. The number of ether oxygens (including phenoxy) is 2. The van der Waals surface area contributed by atoms with Gasteiger partial charge in [-0.3, -0.25) is 9.59 Å². The van der Waals surface area contributed by atoms with Crippen LogP contribution in [-0.4, -0.2) is 52.0 Å². The van der Waals surface area contributed by atoms with Crippen LogP contribution in [0.25, 0.3) is 11.0 Å². The van der Waals surface area contributed by atoms with Crippen LogP contribution in [0.4, 0.5) is 0 Å². The summed E-state index contributed by atoms with van der Waals surface area (Å²) in [5.41, 5.74) is 1.99. The lowest BCUT2D eigenvalue weighted by atomic mass is 10.0. The number of hydrogen-bond donors (Lipinski definition) is 1. The highest BCUT2D eigenvalue weighted by atomic mass is 16.5. The number of carbonyl (C=O) groups excluding carboxylic acids is 2. The molecule has 186 valence electrons. The van der Waals surface area contributed by atoms with E-state index in [1.807, 2.05) is 24.3 Å². The van der Waals surface area contributed by atoms with Crippen molar-refractivity contribution in [2.75, 3.05) is 14.2 Å². The van der Waals surface area contributed by atoms with E-state index in [1.54, 1.807) is 53.3 Å². The van der Waals surface area contributed by atoms with E-state index in [9.17, 15) is 9.59 Å². The topological polar surface area (TPSA) is 112 Å². The van der Waals surface area contributed by atoms with Gasteiger partial charge in [0.2, 0.25) is 11.8 Å². The van der Waals surface area contributed by atoms with Crippen molar-refractivity contribution in [1.29, 1.82) is 0 Å². The molecule has 0 spiro atoms. The first-order chi connectivity index (χ1) is 17.6. The molecule has 2 amide bonds. The molecule has 0 bridgehead atoms. The summed E-state index contributed by atoms with van der Waals surface area (Å²) in [5, 5.41) is 11.2. The molecule has 1 aliphatic carbocycles. The number of para-hydroxylation sites is 1. The summed E-state index contributed by atoms with van der Waals surface area (Å²) in [5.74, 6) is 1.06. The van der Waals surface area contributed by atoms with Crippen molar-refractivity contribution < 1.29 is 23.5 Å². The molecule has 1 fully saturated rings. The van der Waals surface area contributed by atoms with E-state index < -0.39 is 6.04 Å². The summed E-state index contributed by atoms with van der Waals surface area (Å²) >= 11 is 0. The summed E-state index contributed by atoms with van der Waals surface area (Å²) in [7, 11) is 3.09. The molecule has 0 saturated heterocycles. The normalized spacial score (nSPS) is 13.8. The number of carbonyl (C=O) groups is 2. The molecule has 10 nitrogen and oxygen atoms in total. The molecular formula is C26H27N5O5. The largest absolute Gasteiger partial charge is 0.497 e. The first-order valence-corrected chi connectivity index (χ1v) is 11.7. The fourth-order valence-corrected chi connectivity index (χ4v) is 4.31. The molecule has 10 heteroatoms. The number of fused-ring (bicyclic) bond motifs is 1. The minimum absolute atomic E-state index is 0.0503. The molecule has 1 aliphatic rings. The predicted molar refractivity (Wildman–Crippen MR) is 130 cm³/mol. The number of aromatic nitrogens is 3. The smallest absolute Gasteiger partial charge is 0.247 e. The molecule has 0 aliphatic heterocycles. The molecule has 5 rings (SSSR count). The van der Waals surface area contributed by atoms with Crippen LogP contribution in [0, 0.1) is 0 Å². The van der Waals surface area contributed by atoms with Crippen LogP contribution < -0.4 is 14.8 Å². The second kappa shape index (κ2) is 10.1. The second-order valence-corrected chi connectivity index (χ2v) is 8.58. The number of rotatable bonds is 10. The maximum Gasteiger partial charge on any atom is 0.247 e. The number of amides is 2. The maximum atomic E-state index is 13.8.